The summed E-state index contributed by atoms with van der Waals surface area (Å²) in [7, 11) is 1.54. The molecule has 0 bridgehead atoms. The largest absolute Gasteiger partial charge is 0.490 e. The molecular weight excluding hydrogens is 308 g/mol. The van der Waals surface area contributed by atoms with Crippen LogP contribution in [-0.2, 0) is 16.1 Å². The van der Waals surface area contributed by atoms with E-state index in [0.717, 1.165) is 30.4 Å². The van der Waals surface area contributed by atoms with E-state index in [0.29, 0.717) is 18.5 Å². The van der Waals surface area contributed by atoms with E-state index in [1.807, 2.05) is 12.1 Å². The Balaban J connectivity index is 1.77. The first-order valence-electron chi connectivity index (χ1n) is 8.40. The number of ether oxygens (including phenoxy) is 1. The van der Waals surface area contributed by atoms with Crippen LogP contribution < -0.4 is 10.1 Å². The first kappa shape index (κ1) is 16.5. The monoisotopic (exact) mass is 330 g/mol. The van der Waals surface area contributed by atoms with Gasteiger partial charge in [-0.25, -0.2) is 0 Å². The molecule has 6 heteroatoms. The van der Waals surface area contributed by atoms with Gasteiger partial charge in [-0.2, -0.15) is 0 Å². The number of carbonyl (C=O) groups excluding carboxylic acids is 3. The standard InChI is InChI=1S/C18H22N2O4/c1-19-17(22)16(6-3-9-21)20-11-12-10-14(24-13-4-2-5-13)7-8-15(12)18(20)23/h7-10,13,16H,2-6,11H2,1H3,(H,19,22). The van der Waals surface area contributed by atoms with Gasteiger partial charge in [-0.1, -0.05) is 0 Å². The van der Waals surface area contributed by atoms with Gasteiger partial charge in [0, 0.05) is 25.6 Å². The Hall–Kier alpha value is -2.37. The minimum Gasteiger partial charge on any atom is -0.490 e. The van der Waals surface area contributed by atoms with Gasteiger partial charge in [-0.15, -0.1) is 0 Å². The molecule has 0 spiro atoms. The number of carbonyl (C=O) groups is 3. The fourth-order valence-corrected chi connectivity index (χ4v) is 3.15. The predicted octanol–water partition coefficient (Wildman–Crippen LogP) is 1.67. The van der Waals surface area contributed by atoms with Gasteiger partial charge in [0.1, 0.15) is 18.1 Å². The Kier molecular flexibility index (Phi) is 4.83. The SMILES string of the molecule is CNC(=O)C(CCC=O)N1Cc2cc(OC3CCC3)ccc2C1=O. The summed E-state index contributed by atoms with van der Waals surface area (Å²) < 4.78 is 5.88. The number of hydrogen-bond donors (Lipinski definition) is 1. The van der Waals surface area contributed by atoms with E-state index in [9.17, 15) is 14.4 Å². The molecule has 1 aromatic rings. The van der Waals surface area contributed by atoms with E-state index in [-0.39, 0.29) is 24.3 Å². The third-order valence-corrected chi connectivity index (χ3v) is 4.75. The van der Waals surface area contributed by atoms with E-state index in [2.05, 4.69) is 5.32 Å². The van der Waals surface area contributed by atoms with E-state index >= 15 is 0 Å². The lowest BCUT2D eigenvalue weighted by Gasteiger charge is -2.26. The van der Waals surface area contributed by atoms with Gasteiger partial charge in [0.15, 0.2) is 0 Å². The van der Waals surface area contributed by atoms with Crippen LogP contribution in [0.5, 0.6) is 5.75 Å². The van der Waals surface area contributed by atoms with Crippen molar-refractivity contribution in [1.82, 2.24) is 10.2 Å². The normalized spacial score (nSPS) is 17.9. The van der Waals surface area contributed by atoms with E-state index in [4.69, 9.17) is 4.74 Å². The highest BCUT2D eigenvalue weighted by molar-refractivity contribution is 6.01. The van der Waals surface area contributed by atoms with Crippen LogP contribution in [-0.4, -0.2) is 42.2 Å². The number of hydrogen-bond acceptors (Lipinski definition) is 4. The highest BCUT2D eigenvalue weighted by Crippen LogP contribution is 2.31. The summed E-state index contributed by atoms with van der Waals surface area (Å²) in [6.45, 7) is 0.368. The van der Waals surface area contributed by atoms with Gasteiger partial charge in [-0.3, -0.25) is 9.59 Å². The third kappa shape index (κ3) is 3.13. The van der Waals surface area contributed by atoms with Crippen LogP contribution in [0.1, 0.15) is 48.0 Å². The van der Waals surface area contributed by atoms with E-state index < -0.39 is 6.04 Å². The van der Waals surface area contributed by atoms with Gasteiger partial charge < -0.3 is 19.7 Å². The number of benzene rings is 1. The molecule has 2 aliphatic rings. The van der Waals surface area contributed by atoms with Crippen molar-refractivity contribution in [1.29, 1.82) is 0 Å². The Morgan fingerprint density at radius 1 is 1.46 bits per heavy atom. The van der Waals surface area contributed by atoms with Gasteiger partial charge in [-0.05, 0) is 49.4 Å². The molecule has 1 aromatic carbocycles. The average Bonchev–Trinajstić information content (AvgIpc) is 2.87. The molecule has 3 rings (SSSR count). The number of likely N-dealkylation sites (N-methyl/N-ethyl adjacent to an activating group) is 1. The molecule has 1 heterocycles. The second-order valence-corrected chi connectivity index (χ2v) is 6.30. The Bertz CT molecular complexity index is 654. The van der Waals surface area contributed by atoms with Crippen molar-refractivity contribution in [2.45, 2.75) is 50.8 Å². The topological polar surface area (TPSA) is 75.7 Å². The molecule has 0 radical (unpaired) electrons. The maximum Gasteiger partial charge on any atom is 0.255 e. The predicted molar refractivity (Wildman–Crippen MR) is 87.7 cm³/mol. The Morgan fingerprint density at radius 2 is 2.25 bits per heavy atom. The molecule has 24 heavy (non-hydrogen) atoms. The second-order valence-electron chi connectivity index (χ2n) is 6.30. The van der Waals surface area contributed by atoms with Gasteiger partial charge in [0.2, 0.25) is 5.91 Å². The number of nitrogens with one attached hydrogen (secondary N) is 1. The lowest BCUT2D eigenvalue weighted by atomic mass is 9.96. The molecule has 2 amide bonds. The molecule has 0 saturated heterocycles. The highest BCUT2D eigenvalue weighted by Gasteiger charge is 2.36. The summed E-state index contributed by atoms with van der Waals surface area (Å²) in [5.41, 5.74) is 1.48. The minimum absolute atomic E-state index is 0.167. The van der Waals surface area contributed by atoms with E-state index in [1.54, 1.807) is 11.0 Å². The van der Waals surface area contributed by atoms with Crippen LogP contribution in [0, 0.1) is 0 Å². The van der Waals surface area contributed by atoms with Crippen molar-refractivity contribution in [3.05, 3.63) is 29.3 Å². The second kappa shape index (κ2) is 7.03. The summed E-state index contributed by atoms with van der Waals surface area (Å²) in [6, 6.07) is 4.85. The number of aldehydes is 1. The molecule has 1 aliphatic heterocycles. The van der Waals surface area contributed by atoms with Gasteiger partial charge >= 0.3 is 0 Å². The first-order chi connectivity index (χ1) is 11.6. The fourth-order valence-electron chi connectivity index (χ4n) is 3.15. The molecule has 0 aromatic heterocycles. The lowest BCUT2D eigenvalue weighted by molar-refractivity contribution is -0.125. The number of rotatable bonds is 7. The molecule has 1 N–H and O–H groups in total. The maximum atomic E-state index is 12.6. The molecule has 128 valence electrons. The first-order valence-corrected chi connectivity index (χ1v) is 8.40. The van der Waals surface area contributed by atoms with E-state index in [1.165, 1.54) is 13.5 Å². The summed E-state index contributed by atoms with van der Waals surface area (Å²) >= 11 is 0. The zero-order chi connectivity index (χ0) is 17.1. The van der Waals surface area contributed by atoms with Gasteiger partial charge in [0.05, 0.1) is 6.10 Å². The smallest absolute Gasteiger partial charge is 0.255 e. The zero-order valence-electron chi connectivity index (χ0n) is 13.8. The van der Waals surface area contributed by atoms with Crippen LogP contribution in [0.2, 0.25) is 0 Å². The average molecular weight is 330 g/mol. The highest BCUT2D eigenvalue weighted by atomic mass is 16.5. The van der Waals surface area contributed by atoms with Gasteiger partial charge in [0.25, 0.3) is 5.91 Å². The van der Waals surface area contributed by atoms with Crippen molar-refractivity contribution in [3.63, 3.8) is 0 Å². The lowest BCUT2D eigenvalue weighted by Crippen LogP contribution is -2.46. The van der Waals surface area contributed by atoms with Crippen molar-refractivity contribution < 1.29 is 19.1 Å². The number of nitrogens with zero attached hydrogens (tertiary/aromatic N) is 1. The Labute approximate surface area is 141 Å². The number of amides is 2. The molecule has 1 aliphatic carbocycles. The fraction of sp³-hybridized carbons (Fsp3) is 0.500. The summed E-state index contributed by atoms with van der Waals surface area (Å²) in [4.78, 5) is 37.0. The molecule has 1 fully saturated rings. The van der Waals surface area contributed by atoms with Crippen LogP contribution in [0.25, 0.3) is 0 Å². The van der Waals surface area contributed by atoms with Crippen molar-refractivity contribution >= 4 is 18.1 Å². The van der Waals surface area contributed by atoms with Crippen LogP contribution in [0.15, 0.2) is 18.2 Å². The number of fused-ring (bicyclic) bond motifs is 1. The van der Waals surface area contributed by atoms with Crippen LogP contribution >= 0.6 is 0 Å². The third-order valence-electron chi connectivity index (χ3n) is 4.75. The van der Waals surface area contributed by atoms with Crippen molar-refractivity contribution in [2.75, 3.05) is 7.05 Å². The molecule has 1 atom stereocenters. The van der Waals surface area contributed by atoms with Crippen LogP contribution in [0.4, 0.5) is 0 Å². The summed E-state index contributed by atoms with van der Waals surface area (Å²) in [5.74, 6) is 0.362. The zero-order valence-corrected chi connectivity index (χ0v) is 13.8. The minimum atomic E-state index is -0.629. The summed E-state index contributed by atoms with van der Waals surface area (Å²) in [5, 5.41) is 2.58. The molecular formula is C18H22N2O4. The Morgan fingerprint density at radius 3 is 2.88 bits per heavy atom. The molecule has 1 saturated carbocycles. The molecule has 1 unspecified atom stereocenters. The summed E-state index contributed by atoms with van der Waals surface area (Å²) in [6.07, 6.45) is 4.98. The maximum absolute atomic E-state index is 12.6. The van der Waals surface area contributed by atoms with Crippen molar-refractivity contribution in [2.24, 2.45) is 0 Å². The van der Waals surface area contributed by atoms with Crippen molar-refractivity contribution in [3.8, 4) is 5.75 Å². The van der Waals surface area contributed by atoms with Crippen LogP contribution in [0.3, 0.4) is 0 Å². The molecule has 6 nitrogen and oxygen atoms in total. The quantitative estimate of drug-likeness (QED) is 0.772.